The number of aromatic nitrogens is 3. The van der Waals surface area contributed by atoms with Crippen LogP contribution in [0, 0.1) is 5.92 Å². The third-order valence-electron chi connectivity index (χ3n) is 14.3. The van der Waals surface area contributed by atoms with Gasteiger partial charge in [0.05, 0.1) is 28.7 Å². The molecule has 7 aliphatic rings. The van der Waals surface area contributed by atoms with Gasteiger partial charge in [0.1, 0.15) is 11.6 Å². The summed E-state index contributed by atoms with van der Waals surface area (Å²) in [6.07, 6.45) is 10.3. The van der Waals surface area contributed by atoms with Crippen LogP contribution in [0.4, 0.5) is 17.1 Å². The minimum Gasteiger partial charge on any atom is -0.371 e. The Morgan fingerprint density at radius 2 is 1.58 bits per heavy atom. The molecular weight excluding hydrogens is 791 g/mol. The fraction of sp³-hybridized carbons (Fsp3) is 0.467. The molecule has 0 spiro atoms. The number of anilines is 3. The summed E-state index contributed by atoms with van der Waals surface area (Å²) in [4.78, 5) is 95.7. The van der Waals surface area contributed by atoms with Gasteiger partial charge in [-0.3, -0.25) is 39.0 Å². The number of hydrogen-bond donors (Lipinski definition) is 2. The van der Waals surface area contributed by atoms with Crippen molar-refractivity contribution >= 4 is 58.2 Å². The molecule has 1 atom stereocenters. The second kappa shape index (κ2) is 15.3. The maximum atomic E-state index is 14.2. The van der Waals surface area contributed by atoms with Gasteiger partial charge < -0.3 is 29.8 Å². The summed E-state index contributed by atoms with van der Waals surface area (Å²) < 4.78 is 1.59. The fourth-order valence-electron chi connectivity index (χ4n) is 10.7. The largest absolute Gasteiger partial charge is 0.371 e. The Morgan fingerprint density at radius 1 is 0.806 bits per heavy atom. The molecule has 11 rings (SSSR count). The number of piperidine rings is 3. The van der Waals surface area contributed by atoms with E-state index in [0.29, 0.717) is 41.0 Å². The van der Waals surface area contributed by atoms with Gasteiger partial charge in [-0.25, -0.2) is 9.50 Å². The third kappa shape index (κ3) is 6.68. The first kappa shape index (κ1) is 38.7. The van der Waals surface area contributed by atoms with E-state index >= 15 is 0 Å². The Morgan fingerprint density at radius 3 is 2.34 bits per heavy atom. The first-order valence-corrected chi connectivity index (χ1v) is 22.1. The molecule has 0 radical (unpaired) electrons. The van der Waals surface area contributed by atoms with Gasteiger partial charge in [0.2, 0.25) is 11.8 Å². The molecule has 320 valence electrons. The van der Waals surface area contributed by atoms with Crippen LogP contribution in [-0.2, 0) is 16.1 Å². The van der Waals surface area contributed by atoms with Gasteiger partial charge in [-0.2, -0.15) is 5.10 Å². The van der Waals surface area contributed by atoms with Crippen molar-refractivity contribution in [3.8, 4) is 0 Å². The molecule has 0 bridgehead atoms. The van der Waals surface area contributed by atoms with E-state index < -0.39 is 29.7 Å². The molecule has 0 aliphatic carbocycles. The first-order valence-electron chi connectivity index (χ1n) is 22.1. The number of benzene rings is 2. The van der Waals surface area contributed by atoms with Crippen LogP contribution in [0.1, 0.15) is 91.9 Å². The fourth-order valence-corrected chi connectivity index (χ4v) is 10.7. The lowest BCUT2D eigenvalue weighted by atomic mass is 9.95. The lowest BCUT2D eigenvalue weighted by molar-refractivity contribution is -0.136. The van der Waals surface area contributed by atoms with Gasteiger partial charge >= 0.3 is 0 Å². The van der Waals surface area contributed by atoms with Crippen LogP contribution in [0.15, 0.2) is 55.0 Å². The molecule has 2 aromatic carbocycles. The molecule has 9 heterocycles. The molecule has 2 aromatic heterocycles. The predicted molar refractivity (Wildman–Crippen MR) is 227 cm³/mol. The number of rotatable bonds is 9. The number of imide groups is 2. The molecule has 5 fully saturated rings. The van der Waals surface area contributed by atoms with E-state index in [4.69, 9.17) is 0 Å². The highest BCUT2D eigenvalue weighted by Gasteiger charge is 2.45. The summed E-state index contributed by atoms with van der Waals surface area (Å²) in [5.41, 5.74) is 5.57. The summed E-state index contributed by atoms with van der Waals surface area (Å²) in [5.74, 6) is -1.79. The Balaban J connectivity index is 0.720. The van der Waals surface area contributed by atoms with Crippen molar-refractivity contribution in [3.63, 3.8) is 0 Å². The van der Waals surface area contributed by atoms with E-state index in [1.807, 2.05) is 23.1 Å². The summed E-state index contributed by atoms with van der Waals surface area (Å²) in [7, 11) is 0. The van der Waals surface area contributed by atoms with Crippen LogP contribution in [-0.4, -0.2) is 147 Å². The van der Waals surface area contributed by atoms with Gasteiger partial charge in [0, 0.05) is 100 Å². The van der Waals surface area contributed by atoms with Gasteiger partial charge in [0.25, 0.3) is 23.6 Å². The van der Waals surface area contributed by atoms with Gasteiger partial charge in [-0.1, -0.05) is 0 Å². The molecule has 5 saturated heterocycles. The molecule has 0 saturated carbocycles. The zero-order chi connectivity index (χ0) is 42.2. The van der Waals surface area contributed by atoms with Crippen molar-refractivity contribution in [1.29, 1.82) is 0 Å². The van der Waals surface area contributed by atoms with E-state index in [2.05, 4.69) is 40.3 Å². The number of nitrogens with one attached hydrogen (secondary N) is 2. The molecule has 17 heteroatoms. The Hall–Kier alpha value is -6.20. The quantitative estimate of drug-likeness (QED) is 0.236. The van der Waals surface area contributed by atoms with Crippen LogP contribution >= 0.6 is 0 Å². The van der Waals surface area contributed by atoms with Crippen molar-refractivity contribution < 1.29 is 28.8 Å². The maximum Gasteiger partial charge on any atom is 0.262 e. The average Bonchev–Trinajstić information content (AvgIpc) is 3.90. The predicted octanol–water partition coefficient (Wildman–Crippen LogP) is 2.61. The molecule has 62 heavy (non-hydrogen) atoms. The van der Waals surface area contributed by atoms with E-state index in [9.17, 15) is 28.8 Å². The number of amides is 6. The smallest absolute Gasteiger partial charge is 0.262 e. The topological polar surface area (TPSA) is 176 Å². The zero-order valence-electron chi connectivity index (χ0n) is 34.5. The van der Waals surface area contributed by atoms with Crippen LogP contribution in [0.3, 0.4) is 0 Å². The number of carbonyl (C=O) groups is 6. The van der Waals surface area contributed by atoms with E-state index in [-0.39, 0.29) is 36.3 Å². The Labute approximate surface area is 358 Å². The van der Waals surface area contributed by atoms with E-state index in [1.165, 1.54) is 19.5 Å². The van der Waals surface area contributed by atoms with Gasteiger partial charge in [-0.15, -0.1) is 0 Å². The molecule has 6 amide bonds. The Bertz CT molecular complexity index is 2530. The highest BCUT2D eigenvalue weighted by Crippen LogP contribution is 2.39. The number of fused-ring (bicyclic) bond motifs is 3. The van der Waals surface area contributed by atoms with Crippen molar-refractivity contribution in [3.05, 3.63) is 82.8 Å². The summed E-state index contributed by atoms with van der Waals surface area (Å²) in [6, 6.07) is 10.8. The number of likely N-dealkylation sites (tertiary alicyclic amines) is 2. The number of nitrogens with zero attached hydrogens (tertiary/aromatic N) is 9. The normalized spacial score (nSPS) is 22.9. The summed E-state index contributed by atoms with van der Waals surface area (Å²) in [5, 5.41) is 9.77. The standard InChI is InChI=1S/C45H49N11O6/c57-39-6-5-37(42(59)49-39)56-44(61)32-4-3-31(20-34(32)45(56)62)53-24-27(25-53)23-50-15-7-30(8-16-50)54-26-28-19-36(48-41(58)35-22-47-55-14-1-11-46-40(35)55)38(21-33(28)43(54)60)52-17-9-29(10-18-52)51-12-2-13-51/h1,3-4,11,14,19-22,27,29-30,37H,2,5-10,12-13,15-18,23-26H2,(H,48,58)(H,49,57,59). The molecule has 17 nitrogen and oxygen atoms in total. The second-order valence-electron chi connectivity index (χ2n) is 17.9. The average molecular weight is 840 g/mol. The summed E-state index contributed by atoms with van der Waals surface area (Å²) in [6.45, 7) is 8.92. The van der Waals surface area contributed by atoms with E-state index in [0.717, 1.165) is 98.9 Å². The van der Waals surface area contributed by atoms with Gasteiger partial charge in [-0.05, 0) is 93.6 Å². The van der Waals surface area contributed by atoms with Crippen LogP contribution < -0.4 is 20.4 Å². The highest BCUT2D eigenvalue weighted by molar-refractivity contribution is 6.23. The van der Waals surface area contributed by atoms with Crippen molar-refractivity contribution in [2.24, 2.45) is 5.92 Å². The van der Waals surface area contributed by atoms with E-state index in [1.54, 1.807) is 41.3 Å². The lowest BCUT2D eigenvalue weighted by Gasteiger charge is -2.45. The Kier molecular flexibility index (Phi) is 9.55. The molecule has 1 unspecified atom stereocenters. The second-order valence-corrected chi connectivity index (χ2v) is 17.9. The number of hydrogen-bond acceptors (Lipinski definition) is 12. The lowest BCUT2D eigenvalue weighted by Crippen LogP contribution is -2.54. The van der Waals surface area contributed by atoms with Crippen LogP contribution in [0.2, 0.25) is 0 Å². The van der Waals surface area contributed by atoms with Crippen LogP contribution in [0.25, 0.3) is 5.65 Å². The summed E-state index contributed by atoms with van der Waals surface area (Å²) >= 11 is 0. The van der Waals surface area contributed by atoms with Crippen molar-refractivity contribution in [2.45, 2.75) is 69.6 Å². The van der Waals surface area contributed by atoms with Crippen LogP contribution in [0.5, 0.6) is 0 Å². The monoisotopic (exact) mass is 839 g/mol. The third-order valence-corrected chi connectivity index (χ3v) is 14.3. The van der Waals surface area contributed by atoms with Crippen molar-refractivity contribution in [1.82, 2.24) is 39.5 Å². The van der Waals surface area contributed by atoms with Gasteiger partial charge in [0.15, 0.2) is 5.65 Å². The maximum absolute atomic E-state index is 14.2. The zero-order valence-corrected chi connectivity index (χ0v) is 34.5. The molecule has 7 aliphatic heterocycles. The minimum absolute atomic E-state index is 0.0595. The number of carbonyl (C=O) groups excluding carboxylic acids is 6. The SMILES string of the molecule is O=C1CCC(N2C(=O)c3ccc(N4CC(CN5CCC(N6Cc7cc(NC(=O)c8cnn9cccnc89)c(N8CCC(N9CCC9)CC8)cc7C6=O)CC5)C4)cc3C2=O)C(=O)N1. The first-order chi connectivity index (χ1) is 30.2. The highest BCUT2D eigenvalue weighted by atomic mass is 16.2. The molecule has 4 aromatic rings. The van der Waals surface area contributed by atoms with Crippen molar-refractivity contribution in [2.75, 3.05) is 74.0 Å². The molecule has 2 N–H and O–H groups in total. The molecular formula is C45H49N11O6. The minimum atomic E-state index is -0.985.